The SMILES string of the molecule is c1ccc(-c2cccc(Op3oc4ccccc4c4ccccc4o3)n2)cc1. The minimum atomic E-state index is -1.69. The summed E-state index contributed by atoms with van der Waals surface area (Å²) < 4.78 is 18.2. The van der Waals surface area contributed by atoms with Gasteiger partial charge in [-0.2, -0.15) is 0 Å². The third kappa shape index (κ3) is 3.26. The van der Waals surface area contributed by atoms with Gasteiger partial charge in [0.2, 0.25) is 5.88 Å². The Morgan fingerprint density at radius 1 is 0.607 bits per heavy atom. The van der Waals surface area contributed by atoms with Crippen molar-refractivity contribution in [2.75, 3.05) is 0 Å². The Bertz CT molecular complexity index is 1240. The average Bonchev–Trinajstić information content (AvgIpc) is 2.91. The number of para-hydroxylation sites is 2. The van der Waals surface area contributed by atoms with Crippen molar-refractivity contribution in [1.82, 2.24) is 4.98 Å². The lowest BCUT2D eigenvalue weighted by molar-refractivity contribution is 0.486. The molecule has 5 aromatic rings. The fraction of sp³-hybridized carbons (Fsp3) is 0. The Balaban J connectivity index is 1.62. The maximum atomic E-state index is 6.07. The predicted octanol–water partition coefficient (Wildman–Crippen LogP) is 7.19. The predicted molar refractivity (Wildman–Crippen MR) is 112 cm³/mol. The van der Waals surface area contributed by atoms with Gasteiger partial charge in [0.25, 0.3) is 0 Å². The van der Waals surface area contributed by atoms with Crippen LogP contribution in [0.3, 0.4) is 0 Å². The normalized spacial score (nSPS) is 10.9. The summed E-state index contributed by atoms with van der Waals surface area (Å²) in [6, 6.07) is 31.4. The number of aromatic nitrogens is 1. The smallest absolute Gasteiger partial charge is 0.390 e. The van der Waals surface area contributed by atoms with E-state index in [9.17, 15) is 0 Å². The maximum Gasteiger partial charge on any atom is 0.454 e. The van der Waals surface area contributed by atoms with Crippen molar-refractivity contribution < 1.29 is 12.9 Å². The van der Waals surface area contributed by atoms with Crippen molar-refractivity contribution >= 4 is 30.2 Å². The lowest BCUT2D eigenvalue weighted by Gasteiger charge is -2.04. The van der Waals surface area contributed by atoms with Gasteiger partial charge in [-0.15, -0.1) is 0 Å². The minimum absolute atomic E-state index is 0.462. The number of hydrogen-bond donors (Lipinski definition) is 0. The molecule has 3 aromatic carbocycles. The second kappa shape index (κ2) is 7.26. The molecule has 0 aliphatic carbocycles. The summed E-state index contributed by atoms with van der Waals surface area (Å²) in [6.45, 7) is 0. The zero-order valence-electron chi connectivity index (χ0n) is 14.9. The van der Waals surface area contributed by atoms with E-state index in [0.717, 1.165) is 33.2 Å². The summed E-state index contributed by atoms with van der Waals surface area (Å²) in [7, 11) is -1.69. The van der Waals surface area contributed by atoms with E-state index in [-0.39, 0.29) is 0 Å². The number of nitrogens with zero attached hydrogens (tertiary/aromatic N) is 1. The van der Waals surface area contributed by atoms with Gasteiger partial charge in [-0.05, 0) is 18.2 Å². The van der Waals surface area contributed by atoms with Crippen LogP contribution >= 0.6 is 8.24 Å². The Morgan fingerprint density at radius 2 is 1.21 bits per heavy atom. The van der Waals surface area contributed by atoms with E-state index in [1.807, 2.05) is 97.1 Å². The van der Waals surface area contributed by atoms with E-state index in [4.69, 9.17) is 12.9 Å². The van der Waals surface area contributed by atoms with Crippen LogP contribution in [-0.2, 0) is 0 Å². The molecule has 0 spiro atoms. The van der Waals surface area contributed by atoms with Crippen LogP contribution in [0, 0.1) is 0 Å². The van der Waals surface area contributed by atoms with Crippen molar-refractivity contribution in [1.29, 1.82) is 0 Å². The highest BCUT2D eigenvalue weighted by Crippen LogP contribution is 2.36. The van der Waals surface area contributed by atoms with Crippen molar-refractivity contribution in [2.45, 2.75) is 0 Å². The van der Waals surface area contributed by atoms with Crippen molar-refractivity contribution in [3.63, 3.8) is 0 Å². The monoisotopic (exact) mass is 385 g/mol. The van der Waals surface area contributed by atoms with Crippen molar-refractivity contribution in [3.05, 3.63) is 97.1 Å². The minimum Gasteiger partial charge on any atom is -0.390 e. The molecule has 0 aliphatic heterocycles. The zero-order chi connectivity index (χ0) is 18.8. The van der Waals surface area contributed by atoms with E-state index in [2.05, 4.69) is 4.98 Å². The molecule has 5 rings (SSSR count). The number of fused-ring (bicyclic) bond motifs is 3. The van der Waals surface area contributed by atoms with Gasteiger partial charge >= 0.3 is 8.24 Å². The second-order valence-electron chi connectivity index (χ2n) is 6.22. The third-order valence-corrected chi connectivity index (χ3v) is 5.40. The molecule has 0 N–H and O–H groups in total. The van der Waals surface area contributed by atoms with E-state index < -0.39 is 8.24 Å². The van der Waals surface area contributed by atoms with Crippen LogP contribution in [0.4, 0.5) is 0 Å². The van der Waals surface area contributed by atoms with Crippen LogP contribution < -0.4 is 4.52 Å². The molecule has 0 fully saturated rings. The summed E-state index contributed by atoms with van der Waals surface area (Å²) >= 11 is 0. The number of benzene rings is 3. The first-order valence-corrected chi connectivity index (χ1v) is 10.0. The van der Waals surface area contributed by atoms with Crippen LogP contribution in [0.1, 0.15) is 0 Å². The molecule has 136 valence electrons. The molecule has 2 heterocycles. The van der Waals surface area contributed by atoms with Gasteiger partial charge in [-0.3, -0.25) is 0 Å². The largest absolute Gasteiger partial charge is 0.454 e. The molecule has 5 heteroatoms. The maximum absolute atomic E-state index is 6.07. The molecule has 0 radical (unpaired) electrons. The van der Waals surface area contributed by atoms with Crippen LogP contribution in [0.5, 0.6) is 5.88 Å². The molecular formula is C23H16NO3P. The molecular weight excluding hydrogens is 369 g/mol. The summed E-state index contributed by atoms with van der Waals surface area (Å²) in [5.74, 6) is 0.462. The van der Waals surface area contributed by atoms with Crippen molar-refractivity contribution in [2.24, 2.45) is 0 Å². The van der Waals surface area contributed by atoms with Gasteiger partial charge in [-0.25, -0.2) is 4.98 Å². The fourth-order valence-electron chi connectivity index (χ4n) is 3.07. The Kier molecular flexibility index (Phi) is 4.32. The first-order chi connectivity index (χ1) is 13.9. The fourth-order valence-corrected chi connectivity index (χ4v) is 4.07. The topological polar surface area (TPSA) is 48.4 Å². The van der Waals surface area contributed by atoms with Gasteiger partial charge in [0.05, 0.1) is 5.69 Å². The van der Waals surface area contributed by atoms with Gasteiger partial charge in [0, 0.05) is 22.4 Å². The Morgan fingerprint density at radius 3 is 1.89 bits per heavy atom. The van der Waals surface area contributed by atoms with Gasteiger partial charge in [0.1, 0.15) is 11.2 Å². The highest BCUT2D eigenvalue weighted by molar-refractivity contribution is 7.32. The summed E-state index contributed by atoms with van der Waals surface area (Å²) in [5.41, 5.74) is 3.33. The summed E-state index contributed by atoms with van der Waals surface area (Å²) in [6.07, 6.45) is 0. The van der Waals surface area contributed by atoms with E-state index in [1.54, 1.807) is 0 Å². The van der Waals surface area contributed by atoms with Crippen molar-refractivity contribution in [3.8, 4) is 17.1 Å². The average molecular weight is 385 g/mol. The standard InChI is InChI=1S/C23H16NO3P/c1-2-9-17(10-3-1)20-13-8-16-23(24-20)27-28-25-21-14-6-4-11-18(21)19-12-5-7-15-22(19)26-28/h1-16H. The van der Waals surface area contributed by atoms with Crippen LogP contribution in [0.2, 0.25) is 0 Å². The first-order valence-electron chi connectivity index (χ1n) is 8.92. The zero-order valence-corrected chi connectivity index (χ0v) is 15.8. The van der Waals surface area contributed by atoms with Gasteiger partial charge in [-0.1, -0.05) is 72.8 Å². The highest BCUT2D eigenvalue weighted by Gasteiger charge is 2.09. The Labute approximate surface area is 162 Å². The summed E-state index contributed by atoms with van der Waals surface area (Å²) in [5, 5.41) is 1.97. The molecule has 0 saturated heterocycles. The number of hydrogen-bond acceptors (Lipinski definition) is 4. The molecule has 4 nitrogen and oxygen atoms in total. The molecule has 0 saturated carbocycles. The Hall–Kier alpha value is -3.49. The van der Waals surface area contributed by atoms with E-state index in [0.29, 0.717) is 5.88 Å². The summed E-state index contributed by atoms with van der Waals surface area (Å²) in [4.78, 5) is 4.61. The van der Waals surface area contributed by atoms with Crippen LogP contribution in [0.15, 0.2) is 105 Å². The number of rotatable bonds is 3. The molecule has 0 aliphatic rings. The quantitative estimate of drug-likeness (QED) is 0.330. The molecule has 28 heavy (non-hydrogen) atoms. The third-order valence-electron chi connectivity index (χ3n) is 4.37. The van der Waals surface area contributed by atoms with E-state index in [1.165, 1.54) is 0 Å². The first kappa shape index (κ1) is 16.7. The van der Waals surface area contributed by atoms with E-state index >= 15 is 0 Å². The molecule has 0 bridgehead atoms. The lowest BCUT2D eigenvalue weighted by atomic mass is 10.1. The van der Waals surface area contributed by atoms with Gasteiger partial charge in [0.15, 0.2) is 0 Å². The molecule has 0 amide bonds. The lowest BCUT2D eigenvalue weighted by Crippen LogP contribution is -1.87. The number of pyridine rings is 1. The second-order valence-corrected chi connectivity index (χ2v) is 7.21. The molecule has 0 unspecified atom stereocenters. The van der Waals surface area contributed by atoms with Crippen LogP contribution in [-0.4, -0.2) is 4.98 Å². The van der Waals surface area contributed by atoms with Gasteiger partial charge < -0.3 is 12.9 Å². The molecule has 0 atom stereocenters. The van der Waals surface area contributed by atoms with Crippen LogP contribution in [0.25, 0.3) is 33.2 Å². The molecule has 2 aromatic heterocycles. The highest BCUT2D eigenvalue weighted by atomic mass is 31.1.